The van der Waals surface area contributed by atoms with Crippen LogP contribution in [0.4, 0.5) is 0 Å². The highest BCUT2D eigenvalue weighted by molar-refractivity contribution is 5.92. The van der Waals surface area contributed by atoms with Crippen molar-refractivity contribution in [2.24, 2.45) is 11.7 Å². The molecule has 0 saturated carbocycles. The lowest BCUT2D eigenvalue weighted by atomic mass is 9.97. The number of ether oxygens (including phenoxy) is 1. The van der Waals surface area contributed by atoms with Gasteiger partial charge in [-0.05, 0) is 56.8 Å². The van der Waals surface area contributed by atoms with Gasteiger partial charge in [-0.25, -0.2) is 0 Å². The van der Waals surface area contributed by atoms with Crippen LogP contribution >= 0.6 is 0 Å². The molecule has 1 saturated heterocycles. The first-order valence-electron chi connectivity index (χ1n) is 9.08. The van der Waals surface area contributed by atoms with Crippen molar-refractivity contribution in [2.75, 3.05) is 20.2 Å². The van der Waals surface area contributed by atoms with Crippen LogP contribution in [0.5, 0.6) is 5.75 Å². The van der Waals surface area contributed by atoms with E-state index in [9.17, 15) is 4.79 Å². The molecule has 1 aromatic carbocycles. The van der Waals surface area contributed by atoms with E-state index in [1.807, 2.05) is 25.3 Å². The molecule has 5 heteroatoms. The number of nitrogens with zero attached hydrogens (tertiary/aromatic N) is 2. The second-order valence-corrected chi connectivity index (χ2v) is 7.20. The molecule has 3 rings (SSSR count). The average molecular weight is 353 g/mol. The van der Waals surface area contributed by atoms with Crippen molar-refractivity contribution in [3.05, 3.63) is 58.4 Å². The number of hydrogen-bond donors (Lipinski definition) is 1. The second-order valence-electron chi connectivity index (χ2n) is 7.20. The van der Waals surface area contributed by atoms with E-state index in [1.165, 1.54) is 5.56 Å². The lowest BCUT2D eigenvalue weighted by Gasteiger charge is -2.19. The largest absolute Gasteiger partial charge is 0.496 e. The fourth-order valence-corrected chi connectivity index (χ4v) is 3.85. The Balaban J connectivity index is 1.63. The number of aryl methyl sites for hydroxylation is 1. The Labute approximate surface area is 155 Å². The molecule has 2 heterocycles. The van der Waals surface area contributed by atoms with Gasteiger partial charge in [0.15, 0.2) is 0 Å². The van der Waals surface area contributed by atoms with Crippen LogP contribution in [-0.2, 0) is 13.0 Å². The van der Waals surface area contributed by atoms with Crippen LogP contribution in [0.15, 0.2) is 30.5 Å². The highest BCUT2D eigenvalue weighted by atomic mass is 16.5. The molecule has 0 radical (unpaired) electrons. The summed E-state index contributed by atoms with van der Waals surface area (Å²) in [5, 5.41) is 0. The molecule has 5 nitrogen and oxygen atoms in total. The predicted octanol–water partition coefficient (Wildman–Crippen LogP) is 2.87. The number of aromatic nitrogens is 1. The van der Waals surface area contributed by atoms with Crippen LogP contribution in [0, 0.1) is 19.8 Å². The van der Waals surface area contributed by atoms with Crippen molar-refractivity contribution in [2.45, 2.75) is 33.2 Å². The summed E-state index contributed by atoms with van der Waals surface area (Å²) in [5.41, 5.74) is 10.4. The van der Waals surface area contributed by atoms with Crippen LogP contribution in [0.1, 0.15) is 39.2 Å². The number of methoxy groups -OCH3 is 1. The van der Waals surface area contributed by atoms with E-state index in [1.54, 1.807) is 13.2 Å². The van der Waals surface area contributed by atoms with E-state index in [0.717, 1.165) is 55.0 Å². The summed E-state index contributed by atoms with van der Waals surface area (Å²) >= 11 is 0. The molecule has 1 fully saturated rings. The minimum atomic E-state index is -0.366. The van der Waals surface area contributed by atoms with Gasteiger partial charge in [0.1, 0.15) is 5.75 Å². The fourth-order valence-electron chi connectivity index (χ4n) is 3.85. The summed E-state index contributed by atoms with van der Waals surface area (Å²) in [6, 6.07) is 7.67. The molecule has 1 aliphatic heterocycles. The van der Waals surface area contributed by atoms with Crippen molar-refractivity contribution in [3.8, 4) is 5.75 Å². The van der Waals surface area contributed by atoms with Crippen molar-refractivity contribution in [3.63, 3.8) is 0 Å². The van der Waals surface area contributed by atoms with Crippen LogP contribution in [-0.4, -0.2) is 36.0 Å². The van der Waals surface area contributed by atoms with E-state index in [-0.39, 0.29) is 5.91 Å². The minimum Gasteiger partial charge on any atom is -0.496 e. The van der Waals surface area contributed by atoms with E-state index in [2.05, 4.69) is 22.9 Å². The van der Waals surface area contributed by atoms with Gasteiger partial charge in [0, 0.05) is 36.0 Å². The zero-order valence-corrected chi connectivity index (χ0v) is 15.8. The van der Waals surface area contributed by atoms with E-state index in [0.29, 0.717) is 11.5 Å². The third-order valence-corrected chi connectivity index (χ3v) is 5.23. The molecule has 138 valence electrons. The van der Waals surface area contributed by atoms with Gasteiger partial charge in [0.25, 0.3) is 0 Å². The van der Waals surface area contributed by atoms with Crippen LogP contribution in [0.3, 0.4) is 0 Å². The molecule has 1 amide bonds. The van der Waals surface area contributed by atoms with Crippen molar-refractivity contribution in [1.82, 2.24) is 9.88 Å². The Hall–Kier alpha value is -2.40. The molecule has 2 aromatic rings. The molecule has 0 spiro atoms. The molecule has 0 unspecified atom stereocenters. The first kappa shape index (κ1) is 18.4. The Morgan fingerprint density at radius 2 is 2.19 bits per heavy atom. The zero-order chi connectivity index (χ0) is 18.7. The van der Waals surface area contributed by atoms with Crippen molar-refractivity contribution < 1.29 is 9.53 Å². The van der Waals surface area contributed by atoms with E-state index < -0.39 is 0 Å². The first-order chi connectivity index (χ1) is 12.5. The summed E-state index contributed by atoms with van der Waals surface area (Å²) in [5.74, 6) is 1.16. The molecule has 1 aromatic heterocycles. The molecule has 2 N–H and O–H groups in total. The second kappa shape index (κ2) is 7.87. The smallest absolute Gasteiger partial charge is 0.248 e. The van der Waals surface area contributed by atoms with E-state index in [4.69, 9.17) is 10.5 Å². The lowest BCUT2D eigenvalue weighted by molar-refractivity contribution is 0.1000. The van der Waals surface area contributed by atoms with Crippen molar-refractivity contribution in [1.29, 1.82) is 0 Å². The number of carbonyl (C=O) groups is 1. The van der Waals surface area contributed by atoms with E-state index >= 15 is 0 Å². The third kappa shape index (κ3) is 4.05. The summed E-state index contributed by atoms with van der Waals surface area (Å²) in [6.45, 7) is 7.06. The summed E-state index contributed by atoms with van der Waals surface area (Å²) in [4.78, 5) is 18.4. The number of nitrogens with two attached hydrogens (primary N) is 1. The number of carbonyl (C=O) groups excluding carboxylic acids is 1. The number of hydrogen-bond acceptors (Lipinski definition) is 4. The highest BCUT2D eigenvalue weighted by Gasteiger charge is 2.24. The standard InChI is InChI=1S/C21H27N3O2/c1-14-11-23-19(15(2)20(14)26-3)13-24-8-7-17(12-24)9-16-5-4-6-18(10-16)21(22)25/h4-6,10-11,17H,7-9,12-13H2,1-3H3,(H2,22,25)/t17-/m1/s1. The maximum absolute atomic E-state index is 11.4. The normalized spacial score (nSPS) is 17.4. The maximum Gasteiger partial charge on any atom is 0.248 e. The summed E-state index contributed by atoms with van der Waals surface area (Å²) in [7, 11) is 1.71. The average Bonchev–Trinajstić information content (AvgIpc) is 3.05. The Morgan fingerprint density at radius 1 is 1.38 bits per heavy atom. The molecular weight excluding hydrogens is 326 g/mol. The topological polar surface area (TPSA) is 68.4 Å². The lowest BCUT2D eigenvalue weighted by Crippen LogP contribution is -2.22. The first-order valence-corrected chi connectivity index (χ1v) is 9.08. The van der Waals surface area contributed by atoms with Gasteiger partial charge in [0.2, 0.25) is 5.91 Å². The fraction of sp³-hybridized carbons (Fsp3) is 0.429. The molecule has 0 bridgehead atoms. The maximum atomic E-state index is 11.4. The Morgan fingerprint density at radius 3 is 2.92 bits per heavy atom. The van der Waals surface area contributed by atoms with Gasteiger partial charge in [-0.15, -0.1) is 0 Å². The number of pyridine rings is 1. The summed E-state index contributed by atoms with van der Waals surface area (Å²) in [6.07, 6.45) is 4.02. The van der Waals surface area contributed by atoms with Gasteiger partial charge < -0.3 is 10.5 Å². The zero-order valence-electron chi connectivity index (χ0n) is 15.8. The molecule has 1 atom stereocenters. The number of primary amides is 1. The molecule has 1 aliphatic rings. The number of amides is 1. The van der Waals surface area contributed by atoms with Gasteiger partial charge in [0.05, 0.1) is 12.8 Å². The number of likely N-dealkylation sites (tertiary alicyclic amines) is 1. The quantitative estimate of drug-likeness (QED) is 0.867. The Bertz CT molecular complexity index is 804. The Kier molecular flexibility index (Phi) is 5.57. The third-order valence-electron chi connectivity index (χ3n) is 5.23. The monoisotopic (exact) mass is 353 g/mol. The molecule has 0 aliphatic carbocycles. The van der Waals surface area contributed by atoms with Gasteiger partial charge in [-0.3, -0.25) is 14.7 Å². The van der Waals surface area contributed by atoms with Crippen LogP contribution in [0.25, 0.3) is 0 Å². The number of benzene rings is 1. The van der Waals surface area contributed by atoms with Crippen molar-refractivity contribution >= 4 is 5.91 Å². The van der Waals surface area contributed by atoms with Crippen LogP contribution < -0.4 is 10.5 Å². The molecular formula is C21H27N3O2. The predicted molar refractivity (Wildman–Crippen MR) is 102 cm³/mol. The SMILES string of the molecule is COc1c(C)cnc(CN2CC[C@H](Cc3cccc(C(N)=O)c3)C2)c1C. The van der Waals surface area contributed by atoms with Crippen LogP contribution in [0.2, 0.25) is 0 Å². The van der Waals surface area contributed by atoms with Gasteiger partial charge in [-0.1, -0.05) is 12.1 Å². The van der Waals surface area contributed by atoms with Gasteiger partial charge in [-0.2, -0.15) is 0 Å². The summed E-state index contributed by atoms with van der Waals surface area (Å²) < 4.78 is 5.52. The highest BCUT2D eigenvalue weighted by Crippen LogP contribution is 2.27. The molecule has 26 heavy (non-hydrogen) atoms. The number of rotatable bonds is 6. The van der Waals surface area contributed by atoms with Gasteiger partial charge >= 0.3 is 0 Å². The minimum absolute atomic E-state index is 0.366.